The standard InChI is InChI=1S/C36H52N2/c1-5-9-13-14-15-16-20-30-22-18-24-32(28-30)36-34(26-12-8-4)33(25-11-7-3)35(38(36)37)31-23-17-21-29(27-31)19-10-6-2/h17-18,21-24,27-28H,5-16,19-20,25-26H2,1-4H3. The van der Waals surface area contributed by atoms with Crippen LogP contribution in [0.25, 0.3) is 16.9 Å². The molecule has 0 saturated carbocycles. The van der Waals surface area contributed by atoms with Gasteiger partial charge in [0.25, 0.3) is 0 Å². The van der Waals surface area contributed by atoms with Gasteiger partial charge in [0.15, 0.2) is 0 Å². The van der Waals surface area contributed by atoms with E-state index in [1.54, 1.807) is 4.70 Å². The van der Waals surface area contributed by atoms with Gasteiger partial charge in [-0.3, -0.25) is 0 Å². The molecule has 3 rings (SSSR count). The number of aryl methyl sites for hydroxylation is 2. The van der Waals surface area contributed by atoms with Crippen molar-refractivity contribution >= 4 is 11.4 Å². The van der Waals surface area contributed by atoms with Gasteiger partial charge in [-0.05, 0) is 86.8 Å². The number of rotatable bonds is 18. The van der Waals surface area contributed by atoms with Crippen LogP contribution >= 0.6 is 0 Å². The molecule has 1 aliphatic rings. The van der Waals surface area contributed by atoms with Crippen LogP contribution in [-0.4, -0.2) is 4.70 Å². The lowest BCUT2D eigenvalue weighted by atomic mass is 9.91. The van der Waals surface area contributed by atoms with Gasteiger partial charge in [-0.1, -0.05) is 103 Å². The molecule has 1 aliphatic heterocycles. The van der Waals surface area contributed by atoms with Gasteiger partial charge in [0.05, 0.1) is 0 Å². The highest BCUT2D eigenvalue weighted by Gasteiger charge is 2.35. The maximum Gasteiger partial charge on any atom is 0.211 e. The molecule has 0 N–H and O–H groups in total. The van der Waals surface area contributed by atoms with E-state index in [0.717, 1.165) is 73.9 Å². The topological polar surface area (TPSA) is 25.3 Å². The maximum absolute atomic E-state index is 11.9. The molecule has 0 spiro atoms. The fourth-order valence-electron chi connectivity index (χ4n) is 5.73. The lowest BCUT2D eigenvalue weighted by Gasteiger charge is -2.12. The van der Waals surface area contributed by atoms with Crippen LogP contribution in [0.15, 0.2) is 59.7 Å². The van der Waals surface area contributed by atoms with Crippen LogP contribution in [0.4, 0.5) is 0 Å². The Hall–Kier alpha value is -2.48. The average molecular weight is 513 g/mol. The van der Waals surface area contributed by atoms with Crippen molar-refractivity contribution in [1.82, 2.24) is 0 Å². The number of hydrogen-bond donors (Lipinski definition) is 0. The molecule has 0 bridgehead atoms. The predicted molar refractivity (Wildman–Crippen MR) is 165 cm³/mol. The summed E-state index contributed by atoms with van der Waals surface area (Å²) in [6, 6.07) is 17.9. The van der Waals surface area contributed by atoms with Gasteiger partial charge in [0.2, 0.25) is 11.4 Å². The molecule has 2 heteroatoms. The second-order valence-electron chi connectivity index (χ2n) is 11.2. The maximum atomic E-state index is 11.9. The molecule has 2 aromatic rings. The normalized spacial score (nSPS) is 13.7. The van der Waals surface area contributed by atoms with E-state index in [1.165, 1.54) is 73.6 Å². The fourth-order valence-corrected chi connectivity index (χ4v) is 5.73. The van der Waals surface area contributed by atoms with E-state index in [9.17, 15) is 5.53 Å². The molecule has 0 fully saturated rings. The second-order valence-corrected chi connectivity index (χ2v) is 11.2. The minimum absolute atomic E-state index is 1.01. The largest absolute Gasteiger partial charge is 0.493 e. The Morgan fingerprint density at radius 1 is 0.500 bits per heavy atom. The molecular formula is C36H52N2. The summed E-state index contributed by atoms with van der Waals surface area (Å²) in [6.45, 7) is 9.05. The third-order valence-corrected chi connectivity index (χ3v) is 7.96. The molecule has 206 valence electrons. The third kappa shape index (κ3) is 8.26. The summed E-state index contributed by atoms with van der Waals surface area (Å²) in [7, 11) is 0. The van der Waals surface area contributed by atoms with Gasteiger partial charge >= 0.3 is 0 Å². The summed E-state index contributed by atoms with van der Waals surface area (Å²) in [5.74, 6) is 0. The molecule has 0 radical (unpaired) electrons. The smallest absolute Gasteiger partial charge is 0.211 e. The molecule has 0 saturated heterocycles. The van der Waals surface area contributed by atoms with Crippen LogP contribution in [0.1, 0.15) is 140 Å². The average Bonchev–Trinajstić information content (AvgIpc) is 3.22. The number of benzene rings is 2. The van der Waals surface area contributed by atoms with Crippen molar-refractivity contribution in [2.75, 3.05) is 0 Å². The van der Waals surface area contributed by atoms with E-state index in [-0.39, 0.29) is 0 Å². The highest BCUT2D eigenvalue weighted by Crippen LogP contribution is 2.44. The zero-order valence-electron chi connectivity index (χ0n) is 24.8. The number of hydrogen-bond acceptors (Lipinski definition) is 0. The molecule has 1 heterocycles. The van der Waals surface area contributed by atoms with Crippen molar-refractivity contribution in [3.8, 4) is 0 Å². The van der Waals surface area contributed by atoms with E-state index in [2.05, 4.69) is 76.2 Å². The lowest BCUT2D eigenvalue weighted by molar-refractivity contribution is -0.345. The first-order chi connectivity index (χ1) is 18.6. The van der Waals surface area contributed by atoms with Gasteiger partial charge in [-0.15, -0.1) is 0 Å². The Morgan fingerprint density at radius 2 is 0.921 bits per heavy atom. The molecule has 0 amide bonds. The zero-order chi connectivity index (χ0) is 27.2. The van der Waals surface area contributed by atoms with Crippen LogP contribution < -0.4 is 0 Å². The molecule has 2 aromatic carbocycles. The quantitative estimate of drug-likeness (QED) is 0.140. The summed E-state index contributed by atoms with van der Waals surface area (Å²) in [5, 5.41) is 0. The lowest BCUT2D eigenvalue weighted by Crippen LogP contribution is -2.03. The highest BCUT2D eigenvalue weighted by molar-refractivity contribution is 5.82. The fraction of sp³-hybridized carbons (Fsp3) is 0.556. The van der Waals surface area contributed by atoms with Crippen molar-refractivity contribution in [3.05, 3.63) is 87.5 Å². The molecule has 38 heavy (non-hydrogen) atoms. The van der Waals surface area contributed by atoms with Crippen LogP contribution in [0, 0.1) is 0 Å². The monoisotopic (exact) mass is 512 g/mol. The van der Waals surface area contributed by atoms with Crippen LogP contribution in [0.2, 0.25) is 0 Å². The summed E-state index contributed by atoms with van der Waals surface area (Å²) >= 11 is 0. The zero-order valence-corrected chi connectivity index (χ0v) is 24.8. The van der Waals surface area contributed by atoms with Gasteiger partial charge in [0.1, 0.15) is 0 Å². The minimum Gasteiger partial charge on any atom is -0.493 e. The summed E-state index contributed by atoms with van der Waals surface area (Å²) in [6.07, 6.45) is 19.1. The highest BCUT2D eigenvalue weighted by atomic mass is 15.2. The first-order valence-corrected chi connectivity index (χ1v) is 15.8. The minimum atomic E-state index is 1.01. The Balaban J connectivity index is 1.95. The van der Waals surface area contributed by atoms with Crippen molar-refractivity contribution in [1.29, 1.82) is 0 Å². The van der Waals surface area contributed by atoms with E-state index >= 15 is 0 Å². The van der Waals surface area contributed by atoms with Gasteiger partial charge in [-0.25, -0.2) is 4.70 Å². The Bertz CT molecular complexity index is 1090. The van der Waals surface area contributed by atoms with Crippen molar-refractivity contribution in [2.24, 2.45) is 0 Å². The van der Waals surface area contributed by atoms with Crippen molar-refractivity contribution in [3.63, 3.8) is 0 Å². The number of nitrogens with zero attached hydrogens (tertiary/aromatic N) is 2. The molecule has 0 atom stereocenters. The second kappa shape index (κ2) is 16.5. The van der Waals surface area contributed by atoms with E-state index in [0.29, 0.717) is 0 Å². The Kier molecular flexibility index (Phi) is 13.0. The van der Waals surface area contributed by atoms with E-state index in [4.69, 9.17) is 0 Å². The Morgan fingerprint density at radius 3 is 1.42 bits per heavy atom. The molecule has 0 unspecified atom stereocenters. The van der Waals surface area contributed by atoms with Crippen LogP contribution in [-0.2, 0) is 12.8 Å². The number of unbranched alkanes of at least 4 members (excludes halogenated alkanes) is 8. The van der Waals surface area contributed by atoms with E-state index < -0.39 is 0 Å². The predicted octanol–water partition coefficient (Wildman–Crippen LogP) is 11.5. The summed E-state index contributed by atoms with van der Waals surface area (Å²) < 4.78 is 1.55. The number of allylic oxidation sites excluding steroid dienone is 2. The van der Waals surface area contributed by atoms with Crippen molar-refractivity contribution in [2.45, 2.75) is 130 Å². The molecular weight excluding hydrogens is 460 g/mol. The molecule has 0 aromatic heterocycles. The summed E-state index contributed by atoms with van der Waals surface area (Å²) in [4.78, 5) is 0. The molecule has 2 nitrogen and oxygen atoms in total. The van der Waals surface area contributed by atoms with E-state index in [1.807, 2.05) is 0 Å². The Labute approximate surface area is 233 Å². The first kappa shape index (κ1) is 30.1. The van der Waals surface area contributed by atoms with Gasteiger partial charge < -0.3 is 5.53 Å². The van der Waals surface area contributed by atoms with Gasteiger partial charge in [0, 0.05) is 22.3 Å². The molecule has 0 aliphatic carbocycles. The van der Waals surface area contributed by atoms with Crippen molar-refractivity contribution < 1.29 is 4.70 Å². The van der Waals surface area contributed by atoms with Crippen LogP contribution in [0.3, 0.4) is 0 Å². The third-order valence-electron chi connectivity index (χ3n) is 7.96. The first-order valence-electron chi connectivity index (χ1n) is 15.8. The summed E-state index contributed by atoms with van der Waals surface area (Å²) in [5.41, 5.74) is 21.7. The SMILES string of the molecule is CCCCCCCCc1cccc(C2=C(CCCC)C(CCCC)=C(c3cccc(CCCC)c3)[N+]2=[N-])c1. The van der Waals surface area contributed by atoms with Gasteiger partial charge in [-0.2, -0.15) is 0 Å². The van der Waals surface area contributed by atoms with Crippen LogP contribution in [0.5, 0.6) is 0 Å².